The van der Waals surface area contributed by atoms with Crippen LogP contribution >= 0.6 is 0 Å². The molecule has 1 aromatic carbocycles. The van der Waals surface area contributed by atoms with Crippen molar-refractivity contribution in [2.24, 2.45) is 5.73 Å². The van der Waals surface area contributed by atoms with E-state index >= 15 is 0 Å². The van der Waals surface area contributed by atoms with E-state index in [-0.39, 0.29) is 12.3 Å². The highest BCUT2D eigenvalue weighted by Gasteiger charge is 2.25. The van der Waals surface area contributed by atoms with Crippen LogP contribution in [0, 0.1) is 0 Å². The normalized spacial score (nSPS) is 13.5. The molecule has 0 bridgehead atoms. The highest BCUT2D eigenvalue weighted by molar-refractivity contribution is 5.89. The van der Waals surface area contributed by atoms with Crippen molar-refractivity contribution < 1.29 is 23.9 Å². The fourth-order valence-corrected chi connectivity index (χ4v) is 2.28. The summed E-state index contributed by atoms with van der Waals surface area (Å²) in [7, 11) is 1.31. The Hall–Kier alpha value is -2.57. The number of hydrogen-bond acceptors (Lipinski definition) is 5. The number of ether oxygens (including phenoxy) is 2. The first-order valence-corrected chi connectivity index (χ1v) is 8.00. The summed E-state index contributed by atoms with van der Waals surface area (Å²) in [5.74, 6) is -1.22. The fraction of sp³-hybridized carbons (Fsp3) is 0.500. The minimum Gasteiger partial charge on any atom is -0.465 e. The van der Waals surface area contributed by atoms with Gasteiger partial charge in [0.25, 0.3) is 0 Å². The van der Waals surface area contributed by atoms with Gasteiger partial charge in [-0.15, -0.1) is 0 Å². The fourth-order valence-electron chi connectivity index (χ4n) is 2.28. The molecule has 2 unspecified atom stereocenters. The summed E-state index contributed by atoms with van der Waals surface area (Å²) in [6.45, 7) is 7.06. The first-order chi connectivity index (χ1) is 11.5. The second-order valence-electron chi connectivity index (χ2n) is 6.85. The molecule has 0 spiro atoms. The zero-order chi connectivity index (χ0) is 19.2. The molecule has 0 saturated heterocycles. The predicted octanol–water partition coefficient (Wildman–Crippen LogP) is 2.35. The van der Waals surface area contributed by atoms with Gasteiger partial charge in [0, 0.05) is 0 Å². The Kier molecular flexibility index (Phi) is 6.97. The lowest BCUT2D eigenvalue weighted by Crippen LogP contribution is -2.46. The Balaban J connectivity index is 2.83. The Morgan fingerprint density at radius 2 is 1.88 bits per heavy atom. The van der Waals surface area contributed by atoms with Crippen molar-refractivity contribution in [3.05, 3.63) is 35.4 Å². The van der Waals surface area contributed by atoms with E-state index in [1.54, 1.807) is 39.0 Å². The average molecular weight is 350 g/mol. The number of nitrogens with two attached hydrogens (primary N) is 1. The maximum atomic E-state index is 11.9. The molecule has 1 rings (SSSR count). The number of methoxy groups -OCH3 is 1. The van der Waals surface area contributed by atoms with E-state index in [4.69, 9.17) is 15.2 Å². The Bertz CT molecular complexity index is 637. The van der Waals surface area contributed by atoms with Crippen molar-refractivity contribution >= 4 is 18.0 Å². The summed E-state index contributed by atoms with van der Waals surface area (Å²) >= 11 is 0. The van der Waals surface area contributed by atoms with Gasteiger partial charge in [0.05, 0.1) is 12.7 Å². The molecule has 0 saturated carbocycles. The van der Waals surface area contributed by atoms with Crippen molar-refractivity contribution in [3.8, 4) is 0 Å². The molecule has 2 atom stereocenters. The number of rotatable bonds is 6. The average Bonchev–Trinajstić information content (AvgIpc) is 2.51. The van der Waals surface area contributed by atoms with Gasteiger partial charge in [-0.3, -0.25) is 4.79 Å². The van der Waals surface area contributed by atoms with Gasteiger partial charge >= 0.3 is 12.1 Å². The van der Waals surface area contributed by atoms with Gasteiger partial charge < -0.3 is 20.5 Å². The highest BCUT2D eigenvalue weighted by Crippen LogP contribution is 2.22. The largest absolute Gasteiger partial charge is 0.465 e. The molecule has 0 radical (unpaired) electrons. The molecule has 2 amide bonds. The number of esters is 1. The zero-order valence-corrected chi connectivity index (χ0v) is 15.3. The third kappa shape index (κ3) is 6.82. The standard InChI is InChI=1S/C18H26N2O5/c1-11(12-7-6-8-13(10-12)16(22)24-5)9-14(15(19)21)20-17(23)25-18(2,3)4/h6-8,10-11,14H,9H2,1-5H3,(H2,19,21)(H,20,23). The van der Waals surface area contributed by atoms with E-state index in [0.717, 1.165) is 5.56 Å². The molecule has 25 heavy (non-hydrogen) atoms. The molecule has 1 aromatic rings. The molecule has 138 valence electrons. The number of benzene rings is 1. The van der Waals surface area contributed by atoms with E-state index in [1.165, 1.54) is 7.11 Å². The molecule has 7 nitrogen and oxygen atoms in total. The lowest BCUT2D eigenvalue weighted by atomic mass is 9.92. The number of primary amides is 1. The van der Waals surface area contributed by atoms with Crippen LogP contribution in [0.5, 0.6) is 0 Å². The van der Waals surface area contributed by atoms with Gasteiger partial charge in [0.15, 0.2) is 0 Å². The van der Waals surface area contributed by atoms with Crippen molar-refractivity contribution in [3.63, 3.8) is 0 Å². The lowest BCUT2D eigenvalue weighted by molar-refractivity contribution is -0.120. The van der Waals surface area contributed by atoms with Gasteiger partial charge in [-0.1, -0.05) is 19.1 Å². The van der Waals surface area contributed by atoms with Crippen LogP contribution in [0.2, 0.25) is 0 Å². The van der Waals surface area contributed by atoms with Crippen LogP contribution in [-0.2, 0) is 14.3 Å². The third-order valence-corrected chi connectivity index (χ3v) is 3.50. The van der Waals surface area contributed by atoms with Crippen molar-refractivity contribution in [1.82, 2.24) is 5.32 Å². The molecule has 0 heterocycles. The van der Waals surface area contributed by atoms with Crippen molar-refractivity contribution in [2.45, 2.75) is 51.7 Å². The van der Waals surface area contributed by atoms with E-state index in [2.05, 4.69) is 5.32 Å². The maximum Gasteiger partial charge on any atom is 0.408 e. The van der Waals surface area contributed by atoms with Gasteiger partial charge in [-0.25, -0.2) is 9.59 Å². The van der Waals surface area contributed by atoms with Crippen molar-refractivity contribution in [2.75, 3.05) is 7.11 Å². The quantitative estimate of drug-likeness (QED) is 0.766. The molecule has 0 aliphatic rings. The molecular formula is C18H26N2O5. The van der Waals surface area contributed by atoms with Crippen LogP contribution in [0.1, 0.15) is 56.0 Å². The summed E-state index contributed by atoms with van der Waals surface area (Å²) in [6, 6.07) is 6.03. The molecule has 0 aromatic heterocycles. The van der Waals surface area contributed by atoms with E-state index in [1.807, 2.05) is 13.0 Å². The highest BCUT2D eigenvalue weighted by atomic mass is 16.6. The number of carbonyl (C=O) groups excluding carboxylic acids is 3. The molecule has 0 aliphatic carbocycles. The number of amides is 2. The van der Waals surface area contributed by atoms with Crippen LogP contribution in [0.15, 0.2) is 24.3 Å². The van der Waals surface area contributed by atoms with E-state index in [9.17, 15) is 14.4 Å². The van der Waals surface area contributed by atoms with Gasteiger partial charge in [0.2, 0.25) is 5.91 Å². The minimum absolute atomic E-state index is 0.128. The van der Waals surface area contributed by atoms with Crippen LogP contribution in [0.25, 0.3) is 0 Å². The summed E-state index contributed by atoms with van der Waals surface area (Å²) in [6.07, 6.45) is -0.425. The van der Waals surface area contributed by atoms with Crippen LogP contribution in [0.4, 0.5) is 4.79 Å². The second-order valence-corrected chi connectivity index (χ2v) is 6.85. The van der Waals surface area contributed by atoms with Crippen LogP contribution in [0.3, 0.4) is 0 Å². The number of carbonyl (C=O) groups is 3. The molecule has 7 heteroatoms. The van der Waals surface area contributed by atoms with E-state index < -0.39 is 29.6 Å². The monoisotopic (exact) mass is 350 g/mol. The number of alkyl carbamates (subject to hydrolysis) is 1. The summed E-state index contributed by atoms with van der Waals surface area (Å²) in [4.78, 5) is 35.2. The van der Waals surface area contributed by atoms with Crippen molar-refractivity contribution in [1.29, 1.82) is 0 Å². The molecule has 0 aliphatic heterocycles. The first kappa shape index (κ1) is 20.5. The Morgan fingerprint density at radius 3 is 2.40 bits per heavy atom. The van der Waals surface area contributed by atoms with Gasteiger partial charge in [0.1, 0.15) is 11.6 Å². The van der Waals surface area contributed by atoms with Gasteiger partial charge in [-0.2, -0.15) is 0 Å². The summed E-state index contributed by atoms with van der Waals surface area (Å²) in [5.41, 5.74) is 5.97. The van der Waals surface area contributed by atoms with Crippen LogP contribution in [-0.4, -0.2) is 36.7 Å². The topological polar surface area (TPSA) is 108 Å². The lowest BCUT2D eigenvalue weighted by Gasteiger charge is -2.24. The second kappa shape index (κ2) is 8.50. The SMILES string of the molecule is COC(=O)c1cccc(C(C)CC(NC(=O)OC(C)(C)C)C(N)=O)c1. The zero-order valence-electron chi connectivity index (χ0n) is 15.3. The Morgan fingerprint density at radius 1 is 1.24 bits per heavy atom. The Labute approximate surface area is 147 Å². The summed E-state index contributed by atoms with van der Waals surface area (Å²) in [5, 5.41) is 2.49. The minimum atomic E-state index is -0.883. The number of nitrogens with one attached hydrogen (secondary N) is 1. The third-order valence-electron chi connectivity index (χ3n) is 3.50. The van der Waals surface area contributed by atoms with Gasteiger partial charge in [-0.05, 0) is 50.8 Å². The maximum absolute atomic E-state index is 11.9. The molecular weight excluding hydrogens is 324 g/mol. The van der Waals surface area contributed by atoms with Crippen LogP contribution < -0.4 is 11.1 Å². The number of hydrogen-bond donors (Lipinski definition) is 2. The first-order valence-electron chi connectivity index (χ1n) is 8.00. The predicted molar refractivity (Wildman–Crippen MR) is 93.2 cm³/mol. The smallest absolute Gasteiger partial charge is 0.408 e. The summed E-state index contributed by atoms with van der Waals surface area (Å²) < 4.78 is 9.85. The molecule has 3 N–H and O–H groups in total. The molecule has 0 fully saturated rings. The van der Waals surface area contributed by atoms with E-state index in [0.29, 0.717) is 5.56 Å².